The molecule has 0 atom stereocenters. The molecule has 0 aliphatic carbocycles. The lowest BCUT2D eigenvalue weighted by Crippen LogP contribution is -2.19. The van der Waals surface area contributed by atoms with E-state index in [1.54, 1.807) is 24.4 Å². The summed E-state index contributed by atoms with van der Waals surface area (Å²) in [7, 11) is 0. The summed E-state index contributed by atoms with van der Waals surface area (Å²) >= 11 is 9.22. The third kappa shape index (κ3) is 3.76. The zero-order chi connectivity index (χ0) is 13.8. The van der Waals surface area contributed by atoms with Gasteiger partial charge < -0.3 is 11.1 Å². The molecule has 1 aromatic carbocycles. The third-order valence-corrected chi connectivity index (χ3v) is 3.54. The number of nitrogens with one attached hydrogen (secondary N) is 1. The van der Waals surface area contributed by atoms with Crippen LogP contribution in [0.3, 0.4) is 0 Å². The van der Waals surface area contributed by atoms with E-state index in [1.807, 2.05) is 0 Å². The van der Waals surface area contributed by atoms with Gasteiger partial charge in [-0.05, 0) is 34.1 Å². The van der Waals surface area contributed by atoms with Gasteiger partial charge in [0.15, 0.2) is 0 Å². The van der Waals surface area contributed by atoms with Gasteiger partial charge in [0.05, 0.1) is 16.9 Å². The fraction of sp³-hybridized carbons (Fsp3) is 0.182. The summed E-state index contributed by atoms with van der Waals surface area (Å²) < 4.78 is 2.20. The van der Waals surface area contributed by atoms with E-state index in [0.29, 0.717) is 22.9 Å². The molecule has 8 heteroatoms. The highest BCUT2D eigenvalue weighted by atomic mass is 79.9. The SMILES string of the molecule is NCc1cn(CC(=O)Nc2ccc(Br)c(Cl)c2)nn1. The number of benzene rings is 1. The first-order chi connectivity index (χ1) is 9.08. The van der Waals surface area contributed by atoms with Crippen LogP contribution < -0.4 is 11.1 Å². The molecular formula is C11H11BrClN5O. The molecule has 0 radical (unpaired) electrons. The van der Waals surface area contributed by atoms with Crippen LogP contribution in [0.2, 0.25) is 5.02 Å². The van der Waals surface area contributed by atoms with Crippen LogP contribution in [0.1, 0.15) is 5.69 Å². The normalized spacial score (nSPS) is 10.5. The number of amides is 1. The third-order valence-electron chi connectivity index (χ3n) is 2.30. The summed E-state index contributed by atoms with van der Waals surface area (Å²) in [6.45, 7) is 0.366. The fourth-order valence-electron chi connectivity index (χ4n) is 1.43. The molecule has 1 heterocycles. The Morgan fingerprint density at radius 3 is 2.95 bits per heavy atom. The Morgan fingerprint density at radius 2 is 2.32 bits per heavy atom. The Kier molecular flexibility index (Phi) is 4.52. The zero-order valence-corrected chi connectivity index (χ0v) is 12.1. The van der Waals surface area contributed by atoms with Crippen molar-refractivity contribution < 1.29 is 4.79 Å². The number of hydrogen-bond donors (Lipinski definition) is 2. The van der Waals surface area contributed by atoms with Crippen LogP contribution in [0.4, 0.5) is 5.69 Å². The van der Waals surface area contributed by atoms with Crippen LogP contribution in [0.25, 0.3) is 0 Å². The smallest absolute Gasteiger partial charge is 0.246 e. The van der Waals surface area contributed by atoms with Gasteiger partial charge in [0.1, 0.15) is 6.54 Å². The minimum Gasteiger partial charge on any atom is -0.325 e. The van der Waals surface area contributed by atoms with Gasteiger partial charge in [-0.25, -0.2) is 4.68 Å². The first-order valence-electron chi connectivity index (χ1n) is 5.42. The molecular weight excluding hydrogens is 334 g/mol. The van der Waals surface area contributed by atoms with Gasteiger partial charge in [-0.2, -0.15) is 0 Å². The maximum atomic E-state index is 11.8. The van der Waals surface area contributed by atoms with Crippen LogP contribution >= 0.6 is 27.5 Å². The van der Waals surface area contributed by atoms with Gasteiger partial charge >= 0.3 is 0 Å². The standard InChI is InChI=1S/C11H11BrClN5O/c12-9-2-1-7(3-10(9)13)15-11(19)6-18-5-8(4-14)16-17-18/h1-3,5H,4,6,14H2,(H,15,19). The van der Waals surface area contributed by atoms with Crippen LogP contribution in [-0.2, 0) is 17.9 Å². The molecule has 0 saturated heterocycles. The molecule has 0 aliphatic heterocycles. The van der Waals surface area contributed by atoms with Crippen LogP contribution in [0, 0.1) is 0 Å². The van der Waals surface area contributed by atoms with Crippen LogP contribution in [0.5, 0.6) is 0 Å². The largest absolute Gasteiger partial charge is 0.325 e. The molecule has 1 amide bonds. The van der Waals surface area contributed by atoms with Gasteiger partial charge in [0, 0.05) is 16.7 Å². The van der Waals surface area contributed by atoms with Crippen molar-refractivity contribution >= 4 is 39.1 Å². The van der Waals surface area contributed by atoms with E-state index in [9.17, 15) is 4.79 Å². The monoisotopic (exact) mass is 343 g/mol. The lowest BCUT2D eigenvalue weighted by Gasteiger charge is -2.06. The summed E-state index contributed by atoms with van der Waals surface area (Å²) in [5.41, 5.74) is 6.67. The number of carbonyl (C=O) groups is 1. The maximum absolute atomic E-state index is 11.8. The van der Waals surface area contributed by atoms with E-state index in [4.69, 9.17) is 17.3 Å². The van der Waals surface area contributed by atoms with Crippen molar-refractivity contribution in [1.82, 2.24) is 15.0 Å². The van der Waals surface area contributed by atoms with Crippen molar-refractivity contribution in [3.63, 3.8) is 0 Å². The molecule has 0 aliphatic rings. The van der Waals surface area contributed by atoms with Crippen LogP contribution in [-0.4, -0.2) is 20.9 Å². The number of hydrogen-bond acceptors (Lipinski definition) is 4. The predicted octanol–water partition coefficient (Wildman–Crippen LogP) is 1.79. The van der Waals surface area contributed by atoms with Gasteiger partial charge in [0.2, 0.25) is 5.91 Å². The van der Waals surface area contributed by atoms with Gasteiger partial charge in [-0.15, -0.1) is 5.10 Å². The predicted molar refractivity (Wildman–Crippen MR) is 75.7 cm³/mol. The number of halogens is 2. The van der Waals surface area contributed by atoms with Crippen molar-refractivity contribution in [2.45, 2.75) is 13.1 Å². The average molecular weight is 345 g/mol. The molecule has 0 fully saturated rings. The molecule has 2 aromatic rings. The molecule has 0 spiro atoms. The highest BCUT2D eigenvalue weighted by molar-refractivity contribution is 9.10. The lowest BCUT2D eigenvalue weighted by molar-refractivity contribution is -0.116. The van der Waals surface area contributed by atoms with Gasteiger partial charge in [-0.1, -0.05) is 16.8 Å². The summed E-state index contributed by atoms with van der Waals surface area (Å²) in [4.78, 5) is 11.8. The van der Waals surface area contributed by atoms with Crippen molar-refractivity contribution in [2.24, 2.45) is 5.73 Å². The number of rotatable bonds is 4. The Hall–Kier alpha value is -1.44. The number of aromatic nitrogens is 3. The summed E-state index contributed by atoms with van der Waals surface area (Å²) in [6, 6.07) is 5.18. The highest BCUT2D eigenvalue weighted by Gasteiger charge is 2.07. The van der Waals surface area contributed by atoms with E-state index >= 15 is 0 Å². The summed E-state index contributed by atoms with van der Waals surface area (Å²) in [5.74, 6) is -0.216. The summed E-state index contributed by atoms with van der Waals surface area (Å²) in [6.07, 6.45) is 1.63. The van der Waals surface area contributed by atoms with E-state index in [-0.39, 0.29) is 12.5 Å². The number of nitrogens with two attached hydrogens (primary N) is 1. The number of anilines is 1. The molecule has 6 nitrogen and oxygen atoms in total. The fourth-order valence-corrected chi connectivity index (χ4v) is 1.86. The van der Waals surface area contributed by atoms with E-state index in [0.717, 1.165) is 4.47 Å². The molecule has 1 aromatic heterocycles. The molecule has 0 saturated carbocycles. The van der Waals surface area contributed by atoms with Crippen LogP contribution in [0.15, 0.2) is 28.9 Å². The molecule has 19 heavy (non-hydrogen) atoms. The Bertz CT molecular complexity index is 601. The number of carbonyl (C=O) groups excluding carboxylic acids is 1. The molecule has 100 valence electrons. The minimum absolute atomic E-state index is 0.0701. The average Bonchev–Trinajstić information content (AvgIpc) is 2.81. The molecule has 2 rings (SSSR count). The zero-order valence-electron chi connectivity index (χ0n) is 9.81. The highest BCUT2D eigenvalue weighted by Crippen LogP contribution is 2.25. The van der Waals surface area contributed by atoms with Crippen molar-refractivity contribution in [1.29, 1.82) is 0 Å². The first kappa shape index (κ1) is 14.0. The quantitative estimate of drug-likeness (QED) is 0.885. The van der Waals surface area contributed by atoms with Crippen molar-refractivity contribution in [2.75, 3.05) is 5.32 Å². The number of nitrogens with zero attached hydrogens (tertiary/aromatic N) is 3. The molecule has 0 bridgehead atoms. The molecule has 0 unspecified atom stereocenters. The van der Waals surface area contributed by atoms with Crippen molar-refractivity contribution in [3.05, 3.63) is 39.6 Å². The van der Waals surface area contributed by atoms with E-state index in [2.05, 4.69) is 31.6 Å². The van der Waals surface area contributed by atoms with Gasteiger partial charge in [0.25, 0.3) is 0 Å². The lowest BCUT2D eigenvalue weighted by atomic mass is 10.3. The van der Waals surface area contributed by atoms with Gasteiger partial charge in [-0.3, -0.25) is 4.79 Å². The maximum Gasteiger partial charge on any atom is 0.246 e. The van der Waals surface area contributed by atoms with E-state index < -0.39 is 0 Å². The summed E-state index contributed by atoms with van der Waals surface area (Å²) in [5, 5.41) is 10.8. The second kappa shape index (κ2) is 6.14. The Labute approximate surface area is 123 Å². The molecule has 3 N–H and O–H groups in total. The second-order valence-corrected chi connectivity index (χ2v) is 5.05. The second-order valence-electron chi connectivity index (χ2n) is 3.79. The Balaban J connectivity index is 1.98. The first-order valence-corrected chi connectivity index (χ1v) is 6.59. The topological polar surface area (TPSA) is 85.8 Å². The minimum atomic E-state index is -0.216. The Morgan fingerprint density at radius 1 is 1.53 bits per heavy atom. The van der Waals surface area contributed by atoms with Crippen molar-refractivity contribution in [3.8, 4) is 0 Å². The van der Waals surface area contributed by atoms with E-state index in [1.165, 1.54) is 4.68 Å².